The lowest BCUT2D eigenvalue weighted by molar-refractivity contribution is 1.28. The standard InChI is InChI=1S/C28H23N/c1-2-3-12-23-19-21-24(22-20-23)27-17-10-11-18-28(27)29(25-13-6-4-7-14-25)26-15-8-5-9-16-26/h2-22H,1H2/b12-3+. The fourth-order valence-electron chi connectivity index (χ4n) is 3.45. The number of anilines is 3. The van der Waals surface area contributed by atoms with Crippen LogP contribution in [-0.4, -0.2) is 0 Å². The molecule has 0 saturated carbocycles. The molecule has 0 spiro atoms. The van der Waals surface area contributed by atoms with Gasteiger partial charge in [0.15, 0.2) is 0 Å². The molecule has 0 unspecified atom stereocenters. The highest BCUT2D eigenvalue weighted by Gasteiger charge is 2.16. The molecule has 4 rings (SSSR count). The normalized spacial score (nSPS) is 10.8. The topological polar surface area (TPSA) is 3.24 Å². The number of benzene rings is 4. The van der Waals surface area contributed by atoms with Gasteiger partial charge in [-0.05, 0) is 41.5 Å². The number of nitrogens with zero attached hydrogens (tertiary/aromatic N) is 1. The van der Waals surface area contributed by atoms with Crippen LogP contribution in [0.5, 0.6) is 0 Å². The molecular weight excluding hydrogens is 350 g/mol. The summed E-state index contributed by atoms with van der Waals surface area (Å²) in [6.45, 7) is 3.74. The predicted octanol–water partition coefficient (Wildman–Crippen LogP) is 8.02. The summed E-state index contributed by atoms with van der Waals surface area (Å²) in [5.74, 6) is 0. The molecule has 0 saturated heterocycles. The second-order valence-electron chi connectivity index (χ2n) is 6.74. The summed E-state index contributed by atoms with van der Waals surface area (Å²) in [5, 5.41) is 0. The Labute approximate surface area is 172 Å². The average Bonchev–Trinajstić information content (AvgIpc) is 2.80. The van der Waals surface area contributed by atoms with Gasteiger partial charge in [0.1, 0.15) is 0 Å². The van der Waals surface area contributed by atoms with Gasteiger partial charge in [-0.2, -0.15) is 0 Å². The minimum absolute atomic E-state index is 1.14. The van der Waals surface area contributed by atoms with Gasteiger partial charge in [0.05, 0.1) is 5.69 Å². The van der Waals surface area contributed by atoms with E-state index in [9.17, 15) is 0 Å². The number of allylic oxidation sites excluding steroid dienone is 2. The Bertz CT molecular complexity index is 1050. The molecule has 0 atom stereocenters. The third kappa shape index (κ3) is 4.20. The van der Waals surface area contributed by atoms with E-state index in [1.807, 2.05) is 18.2 Å². The molecule has 29 heavy (non-hydrogen) atoms. The minimum atomic E-state index is 1.14. The van der Waals surface area contributed by atoms with Crippen molar-refractivity contribution in [3.63, 3.8) is 0 Å². The quantitative estimate of drug-likeness (QED) is 0.309. The third-order valence-corrected chi connectivity index (χ3v) is 4.82. The van der Waals surface area contributed by atoms with E-state index in [0.29, 0.717) is 0 Å². The number of rotatable bonds is 6. The van der Waals surface area contributed by atoms with Crippen molar-refractivity contribution in [2.45, 2.75) is 0 Å². The van der Waals surface area contributed by atoms with E-state index in [1.165, 1.54) is 11.1 Å². The van der Waals surface area contributed by atoms with Gasteiger partial charge in [0.25, 0.3) is 0 Å². The molecule has 0 aliphatic carbocycles. The van der Waals surface area contributed by atoms with Gasteiger partial charge in [-0.3, -0.25) is 0 Å². The maximum atomic E-state index is 3.74. The Balaban J connectivity index is 1.83. The van der Waals surface area contributed by atoms with E-state index in [2.05, 4.69) is 115 Å². The molecule has 0 N–H and O–H groups in total. The van der Waals surface area contributed by atoms with E-state index in [4.69, 9.17) is 0 Å². The molecule has 0 bridgehead atoms. The van der Waals surface area contributed by atoms with E-state index < -0.39 is 0 Å². The van der Waals surface area contributed by atoms with Crippen LogP contribution in [0.15, 0.2) is 128 Å². The number of hydrogen-bond acceptors (Lipinski definition) is 1. The molecule has 0 aliphatic heterocycles. The summed E-state index contributed by atoms with van der Waals surface area (Å²) >= 11 is 0. The Morgan fingerprint density at radius 3 is 1.72 bits per heavy atom. The zero-order valence-electron chi connectivity index (χ0n) is 16.3. The summed E-state index contributed by atoms with van der Waals surface area (Å²) in [5.41, 5.74) is 6.97. The molecule has 140 valence electrons. The lowest BCUT2D eigenvalue weighted by Crippen LogP contribution is -2.10. The van der Waals surface area contributed by atoms with E-state index in [1.54, 1.807) is 6.08 Å². The van der Waals surface area contributed by atoms with Crippen molar-refractivity contribution >= 4 is 23.1 Å². The van der Waals surface area contributed by atoms with E-state index in [0.717, 1.165) is 22.6 Å². The van der Waals surface area contributed by atoms with Crippen molar-refractivity contribution in [3.8, 4) is 11.1 Å². The highest BCUT2D eigenvalue weighted by Crippen LogP contribution is 2.40. The zero-order valence-corrected chi connectivity index (χ0v) is 16.3. The Hall–Kier alpha value is -3.84. The van der Waals surface area contributed by atoms with Crippen molar-refractivity contribution in [2.24, 2.45) is 0 Å². The summed E-state index contributed by atoms with van der Waals surface area (Å²) < 4.78 is 0. The smallest absolute Gasteiger partial charge is 0.0540 e. The maximum Gasteiger partial charge on any atom is 0.0540 e. The largest absolute Gasteiger partial charge is 0.310 e. The first kappa shape index (κ1) is 18.5. The second kappa shape index (κ2) is 8.90. The molecule has 4 aromatic carbocycles. The van der Waals surface area contributed by atoms with Gasteiger partial charge >= 0.3 is 0 Å². The zero-order chi connectivity index (χ0) is 19.9. The first-order valence-corrected chi connectivity index (χ1v) is 9.75. The van der Waals surface area contributed by atoms with Crippen molar-refractivity contribution in [1.82, 2.24) is 0 Å². The van der Waals surface area contributed by atoms with Crippen molar-refractivity contribution in [2.75, 3.05) is 4.90 Å². The van der Waals surface area contributed by atoms with Gasteiger partial charge in [0, 0.05) is 16.9 Å². The fourth-order valence-corrected chi connectivity index (χ4v) is 3.45. The Kier molecular flexibility index (Phi) is 5.68. The van der Waals surface area contributed by atoms with Crippen LogP contribution in [0.25, 0.3) is 17.2 Å². The molecule has 0 fully saturated rings. The third-order valence-electron chi connectivity index (χ3n) is 4.82. The molecule has 0 aromatic heterocycles. The summed E-state index contributed by atoms with van der Waals surface area (Å²) in [4.78, 5) is 2.31. The summed E-state index contributed by atoms with van der Waals surface area (Å²) in [7, 11) is 0. The predicted molar refractivity (Wildman–Crippen MR) is 126 cm³/mol. The van der Waals surface area contributed by atoms with Crippen molar-refractivity contribution in [3.05, 3.63) is 133 Å². The van der Waals surface area contributed by atoms with E-state index >= 15 is 0 Å². The lowest BCUT2D eigenvalue weighted by Gasteiger charge is -2.27. The Morgan fingerprint density at radius 1 is 0.586 bits per heavy atom. The van der Waals surface area contributed by atoms with Crippen molar-refractivity contribution in [1.29, 1.82) is 0 Å². The Morgan fingerprint density at radius 2 is 1.14 bits per heavy atom. The fraction of sp³-hybridized carbons (Fsp3) is 0. The summed E-state index contributed by atoms with van der Waals surface area (Å²) in [6, 6.07) is 38.2. The van der Waals surface area contributed by atoms with Crippen LogP contribution in [0.1, 0.15) is 5.56 Å². The van der Waals surface area contributed by atoms with E-state index in [-0.39, 0.29) is 0 Å². The number of hydrogen-bond donors (Lipinski definition) is 0. The molecular formula is C28H23N. The van der Waals surface area contributed by atoms with Crippen LogP contribution in [0.3, 0.4) is 0 Å². The average molecular weight is 373 g/mol. The van der Waals surface area contributed by atoms with Crippen LogP contribution in [0.2, 0.25) is 0 Å². The minimum Gasteiger partial charge on any atom is -0.310 e. The van der Waals surface area contributed by atoms with Crippen LogP contribution < -0.4 is 4.90 Å². The van der Waals surface area contributed by atoms with Gasteiger partial charge in [-0.1, -0.05) is 104 Å². The molecule has 4 aromatic rings. The first-order chi connectivity index (χ1) is 14.4. The summed E-state index contributed by atoms with van der Waals surface area (Å²) in [6.07, 6.45) is 5.80. The highest BCUT2D eigenvalue weighted by atomic mass is 15.1. The van der Waals surface area contributed by atoms with Crippen molar-refractivity contribution < 1.29 is 0 Å². The number of para-hydroxylation sites is 3. The molecule has 0 radical (unpaired) electrons. The monoisotopic (exact) mass is 373 g/mol. The molecule has 1 heteroatoms. The molecule has 1 nitrogen and oxygen atoms in total. The highest BCUT2D eigenvalue weighted by molar-refractivity contribution is 5.88. The second-order valence-corrected chi connectivity index (χ2v) is 6.74. The van der Waals surface area contributed by atoms with Gasteiger partial charge in [-0.25, -0.2) is 0 Å². The van der Waals surface area contributed by atoms with Gasteiger partial charge in [-0.15, -0.1) is 0 Å². The maximum absolute atomic E-state index is 3.74. The first-order valence-electron chi connectivity index (χ1n) is 9.75. The van der Waals surface area contributed by atoms with Gasteiger partial charge in [0.2, 0.25) is 0 Å². The molecule has 0 aliphatic rings. The van der Waals surface area contributed by atoms with Crippen LogP contribution in [0.4, 0.5) is 17.1 Å². The molecule has 0 heterocycles. The van der Waals surface area contributed by atoms with Crippen LogP contribution >= 0.6 is 0 Å². The molecule has 0 amide bonds. The van der Waals surface area contributed by atoms with Crippen LogP contribution in [0, 0.1) is 0 Å². The lowest BCUT2D eigenvalue weighted by atomic mass is 10.0. The SMILES string of the molecule is C=C/C=C/c1ccc(-c2ccccc2N(c2ccccc2)c2ccccc2)cc1. The van der Waals surface area contributed by atoms with Crippen LogP contribution in [-0.2, 0) is 0 Å². The van der Waals surface area contributed by atoms with Gasteiger partial charge < -0.3 is 4.90 Å².